The summed E-state index contributed by atoms with van der Waals surface area (Å²) in [5, 5.41) is 23.2. The lowest BCUT2D eigenvalue weighted by Gasteiger charge is -2.18. The van der Waals surface area contributed by atoms with Gasteiger partial charge in [0.2, 0.25) is 0 Å². The van der Waals surface area contributed by atoms with E-state index in [0.29, 0.717) is 0 Å². The Balaban J connectivity index is 1.02. The Labute approximate surface area is 347 Å². The maximum absolute atomic E-state index is 2.45. The van der Waals surface area contributed by atoms with E-state index in [1.807, 2.05) is 0 Å². The standard InChI is InChI=1S/C60H36/c1-2-16-41-37(14-1)15-13-27-42(41)40-32-33-53-56(34-40)45-19-4-6-21-47(45)58-36-55(49-23-9-12-26-52(49)60(53)58)39-30-28-38(29-31-39)54-35-57-46-20-5-3-17-43(46)44-18-7-10-24-50(44)59(57)51-25-11-8-22-48(51)54/h1-36H. The van der Waals surface area contributed by atoms with Gasteiger partial charge in [0.05, 0.1) is 0 Å². The van der Waals surface area contributed by atoms with Crippen LogP contribution in [0.25, 0.3) is 130 Å². The fraction of sp³-hybridized carbons (Fsp3) is 0. The lowest BCUT2D eigenvalue weighted by molar-refractivity contribution is 1.65. The largest absolute Gasteiger partial charge is 0.0616 e. The van der Waals surface area contributed by atoms with E-state index >= 15 is 0 Å². The van der Waals surface area contributed by atoms with Gasteiger partial charge in [0, 0.05) is 0 Å². The highest BCUT2D eigenvalue weighted by Gasteiger charge is 2.18. The van der Waals surface area contributed by atoms with Crippen LogP contribution in [0.2, 0.25) is 0 Å². The van der Waals surface area contributed by atoms with Crippen molar-refractivity contribution >= 4 is 97.0 Å². The van der Waals surface area contributed by atoms with Crippen LogP contribution in [-0.4, -0.2) is 0 Å². The molecule has 13 rings (SSSR count). The predicted octanol–water partition coefficient (Wildman–Crippen LogP) is 17.1. The number of hydrogen-bond acceptors (Lipinski definition) is 0. The Morgan fingerprint density at radius 3 is 1.05 bits per heavy atom. The van der Waals surface area contributed by atoms with Crippen molar-refractivity contribution < 1.29 is 0 Å². The first-order valence-corrected chi connectivity index (χ1v) is 20.9. The molecule has 0 spiro atoms. The minimum absolute atomic E-state index is 1.22. The number of rotatable bonds is 3. The SMILES string of the molecule is c1ccc2c(-c3ccc4c(c3)c3ccccc3c3cc(-c5ccc(-c6cc7c8ccccc8c8ccccc8c7c7ccccc67)cc5)c5ccccc5c43)cccc2c1. The second-order valence-electron chi connectivity index (χ2n) is 16.3. The van der Waals surface area contributed by atoms with E-state index in [-0.39, 0.29) is 0 Å². The highest BCUT2D eigenvalue weighted by molar-refractivity contribution is 6.34. The first-order valence-electron chi connectivity index (χ1n) is 20.9. The van der Waals surface area contributed by atoms with Gasteiger partial charge in [-0.2, -0.15) is 0 Å². The van der Waals surface area contributed by atoms with Crippen molar-refractivity contribution in [3.05, 3.63) is 218 Å². The summed E-state index contributed by atoms with van der Waals surface area (Å²) in [5.74, 6) is 0. The predicted molar refractivity (Wildman–Crippen MR) is 260 cm³/mol. The molecule has 0 heteroatoms. The number of benzene rings is 13. The van der Waals surface area contributed by atoms with Crippen LogP contribution in [0, 0.1) is 0 Å². The van der Waals surface area contributed by atoms with Gasteiger partial charge in [-0.3, -0.25) is 0 Å². The fourth-order valence-corrected chi connectivity index (χ4v) is 10.5. The Kier molecular flexibility index (Phi) is 7.11. The van der Waals surface area contributed by atoms with Crippen molar-refractivity contribution in [2.45, 2.75) is 0 Å². The summed E-state index contributed by atoms with van der Waals surface area (Å²) in [6, 6.07) is 81.3. The number of hydrogen-bond donors (Lipinski definition) is 0. The first-order chi connectivity index (χ1) is 29.8. The van der Waals surface area contributed by atoms with E-state index in [1.165, 1.54) is 130 Å². The Morgan fingerprint density at radius 2 is 0.517 bits per heavy atom. The minimum atomic E-state index is 1.22. The van der Waals surface area contributed by atoms with Crippen LogP contribution >= 0.6 is 0 Å². The topological polar surface area (TPSA) is 0 Å². The second kappa shape index (κ2) is 12.9. The molecular formula is C60H36. The molecule has 0 aliphatic heterocycles. The molecule has 13 aromatic carbocycles. The Morgan fingerprint density at radius 1 is 0.167 bits per heavy atom. The molecule has 0 aliphatic carbocycles. The minimum Gasteiger partial charge on any atom is -0.0616 e. The second-order valence-corrected chi connectivity index (χ2v) is 16.3. The van der Waals surface area contributed by atoms with Gasteiger partial charge in [0.25, 0.3) is 0 Å². The highest BCUT2D eigenvalue weighted by Crippen LogP contribution is 2.46. The van der Waals surface area contributed by atoms with Gasteiger partial charge in [-0.05, 0) is 149 Å². The van der Waals surface area contributed by atoms with Crippen LogP contribution in [-0.2, 0) is 0 Å². The van der Waals surface area contributed by atoms with Gasteiger partial charge >= 0.3 is 0 Å². The zero-order valence-corrected chi connectivity index (χ0v) is 32.8. The summed E-state index contributed by atoms with van der Waals surface area (Å²) in [6.07, 6.45) is 0. The molecule has 0 amide bonds. The average Bonchev–Trinajstić information content (AvgIpc) is 3.33. The average molecular weight is 757 g/mol. The summed E-state index contributed by atoms with van der Waals surface area (Å²) in [5.41, 5.74) is 7.45. The van der Waals surface area contributed by atoms with E-state index < -0.39 is 0 Å². The van der Waals surface area contributed by atoms with Crippen molar-refractivity contribution in [1.82, 2.24) is 0 Å². The fourth-order valence-electron chi connectivity index (χ4n) is 10.5. The van der Waals surface area contributed by atoms with Gasteiger partial charge < -0.3 is 0 Å². The first kappa shape index (κ1) is 33.2. The molecule has 0 aliphatic rings. The van der Waals surface area contributed by atoms with Crippen LogP contribution in [0.5, 0.6) is 0 Å². The van der Waals surface area contributed by atoms with E-state index in [2.05, 4.69) is 218 Å². The monoisotopic (exact) mass is 756 g/mol. The van der Waals surface area contributed by atoms with Crippen molar-refractivity contribution in [2.75, 3.05) is 0 Å². The normalized spacial score (nSPS) is 12.0. The molecule has 13 aromatic rings. The summed E-state index contributed by atoms with van der Waals surface area (Å²) < 4.78 is 0. The molecule has 0 unspecified atom stereocenters. The summed E-state index contributed by atoms with van der Waals surface area (Å²) in [7, 11) is 0. The van der Waals surface area contributed by atoms with Gasteiger partial charge in [-0.25, -0.2) is 0 Å². The summed E-state index contributed by atoms with van der Waals surface area (Å²) in [4.78, 5) is 0. The zero-order valence-electron chi connectivity index (χ0n) is 32.8. The smallest absolute Gasteiger partial charge is 0.00199 e. The third-order valence-electron chi connectivity index (χ3n) is 13.2. The van der Waals surface area contributed by atoms with Gasteiger partial charge in [-0.1, -0.05) is 200 Å². The molecule has 0 radical (unpaired) electrons. The quantitative estimate of drug-likeness (QED) is 0.158. The molecule has 0 bridgehead atoms. The van der Waals surface area contributed by atoms with E-state index in [0.717, 1.165) is 0 Å². The van der Waals surface area contributed by atoms with Crippen molar-refractivity contribution in [1.29, 1.82) is 0 Å². The molecule has 0 saturated heterocycles. The Bertz CT molecular complexity index is 3920. The van der Waals surface area contributed by atoms with E-state index in [4.69, 9.17) is 0 Å². The van der Waals surface area contributed by atoms with Crippen molar-refractivity contribution in [3.8, 4) is 33.4 Å². The maximum atomic E-state index is 2.45. The molecule has 60 heavy (non-hydrogen) atoms. The van der Waals surface area contributed by atoms with Crippen LogP contribution in [0.3, 0.4) is 0 Å². The molecule has 0 fully saturated rings. The van der Waals surface area contributed by atoms with E-state index in [1.54, 1.807) is 0 Å². The van der Waals surface area contributed by atoms with Gasteiger partial charge in [-0.15, -0.1) is 0 Å². The van der Waals surface area contributed by atoms with Crippen LogP contribution in [0.4, 0.5) is 0 Å². The van der Waals surface area contributed by atoms with Crippen molar-refractivity contribution in [3.63, 3.8) is 0 Å². The molecular weight excluding hydrogens is 721 g/mol. The van der Waals surface area contributed by atoms with Gasteiger partial charge in [0.15, 0.2) is 0 Å². The number of fused-ring (bicyclic) bond motifs is 17. The van der Waals surface area contributed by atoms with Gasteiger partial charge in [0.1, 0.15) is 0 Å². The molecule has 0 nitrogen and oxygen atoms in total. The maximum Gasteiger partial charge on any atom is -0.00199 e. The zero-order chi connectivity index (χ0) is 39.3. The van der Waals surface area contributed by atoms with E-state index in [9.17, 15) is 0 Å². The Hall–Kier alpha value is -7.80. The van der Waals surface area contributed by atoms with Crippen molar-refractivity contribution in [2.24, 2.45) is 0 Å². The molecule has 276 valence electrons. The third kappa shape index (κ3) is 4.79. The lowest BCUT2D eigenvalue weighted by atomic mass is 9.85. The lowest BCUT2D eigenvalue weighted by Crippen LogP contribution is -1.90. The molecule has 0 N–H and O–H groups in total. The van der Waals surface area contributed by atoms with Crippen LogP contribution in [0.15, 0.2) is 218 Å². The molecule has 0 atom stereocenters. The third-order valence-corrected chi connectivity index (χ3v) is 13.2. The molecule has 0 saturated carbocycles. The summed E-state index contributed by atoms with van der Waals surface area (Å²) >= 11 is 0. The highest BCUT2D eigenvalue weighted by atomic mass is 14.2. The van der Waals surface area contributed by atoms with Crippen LogP contribution < -0.4 is 0 Å². The summed E-state index contributed by atoms with van der Waals surface area (Å²) in [6.45, 7) is 0. The van der Waals surface area contributed by atoms with Crippen LogP contribution in [0.1, 0.15) is 0 Å². The molecule has 0 heterocycles. The molecule has 0 aromatic heterocycles.